The van der Waals surface area contributed by atoms with Gasteiger partial charge in [0.05, 0.1) is 17.3 Å². The van der Waals surface area contributed by atoms with Crippen molar-refractivity contribution < 1.29 is 4.79 Å². The summed E-state index contributed by atoms with van der Waals surface area (Å²) in [6.45, 7) is 1.14. The van der Waals surface area contributed by atoms with Gasteiger partial charge in [0, 0.05) is 41.5 Å². The maximum atomic E-state index is 12.3. The predicted octanol–water partition coefficient (Wildman–Crippen LogP) is 2.39. The van der Waals surface area contributed by atoms with Crippen LogP contribution in [0.15, 0.2) is 53.7 Å². The van der Waals surface area contributed by atoms with Crippen LogP contribution >= 0.6 is 11.6 Å². The van der Waals surface area contributed by atoms with Gasteiger partial charge in [-0.2, -0.15) is 14.9 Å². The number of amides is 1. The molecule has 0 bridgehead atoms. The molecule has 0 unspecified atom stereocenters. The van der Waals surface area contributed by atoms with Crippen molar-refractivity contribution in [2.45, 2.75) is 19.3 Å². The lowest BCUT2D eigenvalue weighted by molar-refractivity contribution is 0.0953. The second-order valence-corrected chi connectivity index (χ2v) is 8.03. The van der Waals surface area contributed by atoms with Crippen molar-refractivity contribution in [2.75, 3.05) is 18.4 Å². The quantitative estimate of drug-likeness (QED) is 0.431. The highest BCUT2D eigenvalue weighted by Gasteiger charge is 2.15. The van der Waals surface area contributed by atoms with Crippen molar-refractivity contribution in [1.82, 2.24) is 19.9 Å². The molecule has 0 fully saturated rings. The van der Waals surface area contributed by atoms with E-state index in [4.69, 9.17) is 21.8 Å². The Labute approximate surface area is 192 Å². The summed E-state index contributed by atoms with van der Waals surface area (Å²) in [5.74, 6) is 0.631. The van der Waals surface area contributed by atoms with Gasteiger partial charge in [-0.15, -0.1) is 0 Å². The third kappa shape index (κ3) is 4.68. The first-order chi connectivity index (χ1) is 15.6. The highest BCUT2D eigenvalue weighted by Crippen LogP contribution is 2.30. The van der Waals surface area contributed by atoms with Gasteiger partial charge >= 0.3 is 0 Å². The SMILES string of the molecule is Bc1cnn2c(NCCCNC(=O)c3cccc(C#N)c3)cc(C3=C(Cl)CCC=C3)nc12. The predicted molar refractivity (Wildman–Crippen MR) is 129 cm³/mol. The molecule has 0 spiro atoms. The van der Waals surface area contributed by atoms with Gasteiger partial charge in [-0.1, -0.05) is 29.8 Å². The number of aromatic nitrogens is 3. The molecule has 0 saturated carbocycles. The number of hydrogen-bond acceptors (Lipinski definition) is 5. The zero-order chi connectivity index (χ0) is 22.5. The lowest BCUT2D eigenvalue weighted by Crippen LogP contribution is -2.26. The fourth-order valence-electron chi connectivity index (χ4n) is 3.54. The molecule has 1 aliphatic rings. The molecule has 4 rings (SSSR count). The van der Waals surface area contributed by atoms with Crippen molar-refractivity contribution in [3.8, 4) is 6.07 Å². The van der Waals surface area contributed by atoms with Gasteiger partial charge < -0.3 is 10.6 Å². The van der Waals surface area contributed by atoms with Crippen molar-refractivity contribution in [2.24, 2.45) is 0 Å². The lowest BCUT2D eigenvalue weighted by atomic mass is 10.00. The molecule has 9 heteroatoms. The highest BCUT2D eigenvalue weighted by atomic mass is 35.5. The number of nitrogens with one attached hydrogen (secondary N) is 2. The zero-order valence-corrected chi connectivity index (χ0v) is 18.5. The van der Waals surface area contributed by atoms with Crippen LogP contribution in [-0.2, 0) is 0 Å². The lowest BCUT2D eigenvalue weighted by Gasteiger charge is -2.14. The Balaban J connectivity index is 1.41. The fraction of sp³-hybridized carbons (Fsp3) is 0.217. The van der Waals surface area contributed by atoms with Crippen molar-refractivity contribution in [3.63, 3.8) is 0 Å². The van der Waals surface area contributed by atoms with Gasteiger partial charge in [-0.3, -0.25) is 4.79 Å². The Morgan fingerprint density at radius 3 is 3.00 bits per heavy atom. The van der Waals surface area contributed by atoms with E-state index in [0.29, 0.717) is 30.6 Å². The van der Waals surface area contributed by atoms with E-state index in [1.807, 2.05) is 26.1 Å². The van der Waals surface area contributed by atoms with Gasteiger partial charge in [0.1, 0.15) is 13.7 Å². The normalized spacial score (nSPS) is 13.2. The van der Waals surface area contributed by atoms with Gasteiger partial charge in [0.2, 0.25) is 0 Å². The molecule has 32 heavy (non-hydrogen) atoms. The van der Waals surface area contributed by atoms with E-state index in [9.17, 15) is 4.79 Å². The average molecular weight is 445 g/mol. The van der Waals surface area contributed by atoms with Crippen molar-refractivity contribution >= 4 is 47.9 Å². The number of carbonyl (C=O) groups excluding carboxylic acids is 1. The summed E-state index contributed by atoms with van der Waals surface area (Å²) >= 11 is 6.47. The van der Waals surface area contributed by atoms with Gasteiger partial charge in [-0.05, 0) is 42.9 Å². The van der Waals surface area contributed by atoms with Crippen LogP contribution < -0.4 is 16.1 Å². The highest BCUT2D eigenvalue weighted by molar-refractivity contribution is 6.36. The maximum Gasteiger partial charge on any atom is 0.251 e. The number of rotatable bonds is 7. The summed E-state index contributed by atoms with van der Waals surface area (Å²) in [6, 6.07) is 10.7. The number of hydrogen-bond donors (Lipinski definition) is 2. The summed E-state index contributed by atoms with van der Waals surface area (Å²) in [5, 5.41) is 20.5. The van der Waals surface area contributed by atoms with Crippen molar-refractivity contribution in [1.29, 1.82) is 5.26 Å². The monoisotopic (exact) mass is 444 g/mol. The van der Waals surface area contributed by atoms with Crippen molar-refractivity contribution in [3.05, 3.63) is 70.5 Å². The Hall–Kier alpha value is -3.57. The van der Waals surface area contributed by atoms with Gasteiger partial charge in [0.25, 0.3) is 5.91 Å². The number of anilines is 1. The first kappa shape index (κ1) is 21.7. The fourth-order valence-corrected chi connectivity index (χ4v) is 3.80. The Morgan fingerprint density at radius 1 is 1.31 bits per heavy atom. The second kappa shape index (κ2) is 9.71. The van der Waals surface area contributed by atoms with E-state index < -0.39 is 0 Å². The third-order valence-corrected chi connectivity index (χ3v) is 5.62. The summed E-state index contributed by atoms with van der Waals surface area (Å²) in [6.07, 6.45) is 8.40. The summed E-state index contributed by atoms with van der Waals surface area (Å²) in [7, 11) is 1.98. The molecule has 0 saturated heterocycles. The summed E-state index contributed by atoms with van der Waals surface area (Å²) < 4.78 is 1.78. The number of carbonyl (C=O) groups is 1. The van der Waals surface area contributed by atoms with E-state index in [1.54, 1.807) is 35.0 Å². The van der Waals surface area contributed by atoms with Gasteiger partial charge in [0.15, 0.2) is 5.65 Å². The smallest absolute Gasteiger partial charge is 0.251 e. The van der Waals surface area contributed by atoms with E-state index in [2.05, 4.69) is 21.8 Å². The molecule has 7 nitrogen and oxygen atoms in total. The number of nitrogens with zero attached hydrogens (tertiary/aromatic N) is 4. The van der Waals surface area contributed by atoms with Crippen LogP contribution in [0, 0.1) is 11.3 Å². The number of nitriles is 1. The molecule has 1 aromatic carbocycles. The van der Waals surface area contributed by atoms with Crippen LogP contribution in [0.3, 0.4) is 0 Å². The third-order valence-electron chi connectivity index (χ3n) is 5.23. The molecule has 3 aromatic rings. The number of allylic oxidation sites excluding steroid dienone is 4. The molecular weight excluding hydrogens is 423 g/mol. The van der Waals surface area contributed by atoms with Gasteiger partial charge in [-0.25, -0.2) is 4.98 Å². The largest absolute Gasteiger partial charge is 0.370 e. The second-order valence-electron chi connectivity index (χ2n) is 7.58. The topological polar surface area (TPSA) is 95.1 Å². The van der Waals surface area contributed by atoms with Crippen LogP contribution in [0.2, 0.25) is 0 Å². The minimum absolute atomic E-state index is 0.191. The first-order valence-corrected chi connectivity index (χ1v) is 10.9. The van der Waals surface area contributed by atoms with E-state index in [1.165, 1.54) is 0 Å². The Morgan fingerprint density at radius 2 is 2.19 bits per heavy atom. The summed E-state index contributed by atoms with van der Waals surface area (Å²) in [4.78, 5) is 17.1. The zero-order valence-electron chi connectivity index (χ0n) is 17.7. The number of halogens is 1. The molecule has 0 atom stereocenters. The van der Waals surface area contributed by atoms with Crippen LogP contribution in [0.5, 0.6) is 0 Å². The summed E-state index contributed by atoms with van der Waals surface area (Å²) in [5.41, 5.74) is 4.47. The minimum Gasteiger partial charge on any atom is -0.370 e. The maximum absolute atomic E-state index is 12.3. The molecule has 2 aromatic heterocycles. The number of benzene rings is 1. The minimum atomic E-state index is -0.191. The van der Waals surface area contributed by atoms with E-state index in [-0.39, 0.29) is 5.91 Å². The molecule has 160 valence electrons. The van der Waals surface area contributed by atoms with E-state index in [0.717, 1.165) is 46.1 Å². The molecule has 2 N–H and O–H groups in total. The molecule has 0 aliphatic heterocycles. The molecule has 0 radical (unpaired) electrons. The number of fused-ring (bicyclic) bond motifs is 1. The van der Waals surface area contributed by atoms with E-state index >= 15 is 0 Å². The average Bonchev–Trinajstić information content (AvgIpc) is 3.19. The molecule has 1 aliphatic carbocycles. The molecular formula is C23H22BClN6O. The first-order valence-electron chi connectivity index (χ1n) is 10.5. The van der Waals surface area contributed by atoms with Crippen LogP contribution in [-0.4, -0.2) is 41.4 Å². The van der Waals surface area contributed by atoms with Crippen LogP contribution in [0.25, 0.3) is 11.2 Å². The Bertz CT molecular complexity index is 1270. The molecule has 2 heterocycles. The van der Waals surface area contributed by atoms with Crippen LogP contribution in [0.4, 0.5) is 5.82 Å². The van der Waals surface area contributed by atoms with Crippen LogP contribution in [0.1, 0.15) is 40.9 Å². The Kier molecular flexibility index (Phi) is 6.57. The molecule has 1 amide bonds. The standard InChI is InChI=1S/C23H22BClN6O/c24-18-14-29-31-21(12-20(30-22(18)31)17-7-1-2-8-19(17)25)27-9-4-10-28-23(32)16-6-3-5-15(11-16)13-26/h1,3,5-7,11-12,14,27H,2,4,8-10,24H2,(H,28,32).